The Morgan fingerprint density at radius 3 is 2.74 bits per heavy atom. The van der Waals surface area contributed by atoms with Gasteiger partial charge in [-0.1, -0.05) is 43.3 Å². The number of nitrogens with one attached hydrogen (secondary N) is 1. The van der Waals surface area contributed by atoms with Crippen molar-refractivity contribution < 1.29 is 9.63 Å². The Morgan fingerprint density at radius 1 is 1.30 bits per heavy atom. The van der Waals surface area contributed by atoms with Crippen LogP contribution in [0.5, 0.6) is 0 Å². The minimum absolute atomic E-state index is 0.0165. The van der Waals surface area contributed by atoms with Gasteiger partial charge in [-0.25, -0.2) is 0 Å². The van der Waals surface area contributed by atoms with E-state index >= 15 is 0 Å². The standard InChI is InChI=1S/C18H25N3O2/c1-11(2)16(18-20-17(21-23-18)14-7-8-14)19-12(3)15-6-4-5-13(9-15)10-22/h4-6,9,11-12,14,16,19,22H,7-8,10H2,1-3H3. The van der Waals surface area contributed by atoms with Crippen LogP contribution in [-0.2, 0) is 6.61 Å². The van der Waals surface area contributed by atoms with Gasteiger partial charge in [-0.05, 0) is 36.8 Å². The van der Waals surface area contributed by atoms with Crippen LogP contribution < -0.4 is 5.32 Å². The molecule has 1 saturated carbocycles. The number of benzene rings is 1. The first kappa shape index (κ1) is 16.1. The molecule has 1 aromatic carbocycles. The summed E-state index contributed by atoms with van der Waals surface area (Å²) >= 11 is 0. The van der Waals surface area contributed by atoms with E-state index < -0.39 is 0 Å². The van der Waals surface area contributed by atoms with E-state index in [1.54, 1.807) is 0 Å². The first-order chi connectivity index (χ1) is 11.1. The van der Waals surface area contributed by atoms with E-state index in [2.05, 4.69) is 42.3 Å². The van der Waals surface area contributed by atoms with Gasteiger partial charge in [-0.3, -0.25) is 5.32 Å². The van der Waals surface area contributed by atoms with Gasteiger partial charge in [0.25, 0.3) is 0 Å². The Bertz CT molecular complexity index is 649. The lowest BCUT2D eigenvalue weighted by Crippen LogP contribution is -2.28. The van der Waals surface area contributed by atoms with Crippen LogP contribution in [0.25, 0.3) is 0 Å². The van der Waals surface area contributed by atoms with E-state index in [1.165, 1.54) is 12.8 Å². The van der Waals surface area contributed by atoms with Crippen molar-refractivity contribution in [1.82, 2.24) is 15.5 Å². The summed E-state index contributed by atoms with van der Waals surface area (Å²) in [5, 5.41) is 17.0. The average Bonchev–Trinajstić information content (AvgIpc) is 3.30. The molecule has 0 bridgehead atoms. The van der Waals surface area contributed by atoms with Gasteiger partial charge < -0.3 is 9.63 Å². The molecule has 1 heterocycles. The highest BCUT2D eigenvalue weighted by Gasteiger charge is 2.31. The van der Waals surface area contributed by atoms with E-state index in [0.29, 0.717) is 17.7 Å². The van der Waals surface area contributed by atoms with Crippen molar-refractivity contribution >= 4 is 0 Å². The molecule has 2 aromatic rings. The number of rotatable bonds is 7. The van der Waals surface area contributed by atoms with Crippen molar-refractivity contribution in [2.24, 2.45) is 5.92 Å². The summed E-state index contributed by atoms with van der Waals surface area (Å²) in [5.74, 6) is 2.36. The summed E-state index contributed by atoms with van der Waals surface area (Å²) in [7, 11) is 0. The molecule has 23 heavy (non-hydrogen) atoms. The number of hydrogen-bond acceptors (Lipinski definition) is 5. The molecular formula is C18H25N3O2. The van der Waals surface area contributed by atoms with Crippen molar-refractivity contribution in [2.75, 3.05) is 0 Å². The summed E-state index contributed by atoms with van der Waals surface area (Å²) < 4.78 is 5.51. The largest absolute Gasteiger partial charge is 0.392 e. The lowest BCUT2D eigenvalue weighted by molar-refractivity contribution is 0.272. The normalized spacial score (nSPS) is 17.4. The SMILES string of the molecule is CC(NC(c1nc(C2CC2)no1)C(C)C)c1cccc(CO)c1. The van der Waals surface area contributed by atoms with Crippen molar-refractivity contribution in [1.29, 1.82) is 0 Å². The van der Waals surface area contributed by atoms with Gasteiger partial charge in [0.05, 0.1) is 12.6 Å². The third-order valence-corrected chi connectivity index (χ3v) is 4.40. The molecule has 0 aliphatic heterocycles. The monoisotopic (exact) mass is 315 g/mol. The van der Waals surface area contributed by atoms with Crippen molar-refractivity contribution in [3.8, 4) is 0 Å². The number of aliphatic hydroxyl groups is 1. The Labute approximate surface area is 137 Å². The summed E-state index contributed by atoms with van der Waals surface area (Å²) in [6.07, 6.45) is 2.34. The molecule has 0 amide bonds. The molecule has 3 rings (SSSR count). The number of nitrogens with zero attached hydrogens (tertiary/aromatic N) is 2. The maximum absolute atomic E-state index is 9.30. The fourth-order valence-electron chi connectivity index (χ4n) is 2.76. The summed E-state index contributed by atoms with van der Waals surface area (Å²) in [6, 6.07) is 8.14. The van der Waals surface area contributed by atoms with Gasteiger partial charge in [0.15, 0.2) is 5.82 Å². The smallest absolute Gasteiger partial charge is 0.244 e. The van der Waals surface area contributed by atoms with Crippen LogP contribution in [0, 0.1) is 5.92 Å². The zero-order valence-electron chi connectivity index (χ0n) is 14.0. The van der Waals surface area contributed by atoms with Crippen LogP contribution in [0.1, 0.15) is 74.5 Å². The van der Waals surface area contributed by atoms with Crippen LogP contribution in [0.3, 0.4) is 0 Å². The molecule has 1 aromatic heterocycles. The fraction of sp³-hybridized carbons (Fsp3) is 0.556. The molecule has 1 aliphatic carbocycles. The number of aromatic nitrogens is 2. The molecule has 2 atom stereocenters. The lowest BCUT2D eigenvalue weighted by Gasteiger charge is -2.24. The van der Waals surface area contributed by atoms with E-state index in [-0.39, 0.29) is 18.7 Å². The van der Waals surface area contributed by atoms with Gasteiger partial charge in [-0.2, -0.15) is 4.98 Å². The molecule has 0 saturated heterocycles. The second-order valence-corrected chi connectivity index (χ2v) is 6.78. The fourth-order valence-corrected chi connectivity index (χ4v) is 2.76. The minimum Gasteiger partial charge on any atom is -0.392 e. The van der Waals surface area contributed by atoms with Crippen LogP contribution in [-0.4, -0.2) is 15.2 Å². The maximum atomic E-state index is 9.30. The molecule has 2 unspecified atom stereocenters. The van der Waals surface area contributed by atoms with Crippen molar-refractivity contribution in [3.63, 3.8) is 0 Å². The van der Waals surface area contributed by atoms with Gasteiger partial charge in [0, 0.05) is 12.0 Å². The van der Waals surface area contributed by atoms with Gasteiger partial charge in [0.1, 0.15) is 0 Å². The van der Waals surface area contributed by atoms with Gasteiger partial charge >= 0.3 is 0 Å². The van der Waals surface area contributed by atoms with Crippen molar-refractivity contribution in [3.05, 3.63) is 47.1 Å². The highest BCUT2D eigenvalue weighted by atomic mass is 16.5. The Balaban J connectivity index is 1.75. The predicted octanol–water partition coefficient (Wildman–Crippen LogP) is 3.49. The summed E-state index contributed by atoms with van der Waals surface area (Å²) in [5.41, 5.74) is 2.06. The topological polar surface area (TPSA) is 71.2 Å². The second kappa shape index (κ2) is 6.81. The van der Waals surface area contributed by atoms with Crippen LogP contribution in [0.4, 0.5) is 0 Å². The third kappa shape index (κ3) is 3.79. The zero-order valence-corrected chi connectivity index (χ0v) is 14.0. The number of aliphatic hydroxyl groups excluding tert-OH is 1. The number of hydrogen-bond donors (Lipinski definition) is 2. The predicted molar refractivity (Wildman–Crippen MR) is 87.8 cm³/mol. The minimum atomic E-state index is 0.0165. The Hall–Kier alpha value is -1.72. The molecule has 5 nitrogen and oxygen atoms in total. The average molecular weight is 315 g/mol. The van der Waals surface area contributed by atoms with E-state index in [1.807, 2.05) is 18.2 Å². The molecule has 5 heteroatoms. The quantitative estimate of drug-likeness (QED) is 0.818. The molecule has 0 spiro atoms. The molecule has 0 radical (unpaired) electrons. The molecule has 1 fully saturated rings. The highest BCUT2D eigenvalue weighted by molar-refractivity contribution is 5.25. The zero-order chi connectivity index (χ0) is 16.4. The molecular weight excluding hydrogens is 290 g/mol. The van der Waals surface area contributed by atoms with Crippen LogP contribution >= 0.6 is 0 Å². The lowest BCUT2D eigenvalue weighted by atomic mass is 10.00. The second-order valence-electron chi connectivity index (χ2n) is 6.78. The molecule has 1 aliphatic rings. The highest BCUT2D eigenvalue weighted by Crippen LogP contribution is 2.39. The molecule has 2 N–H and O–H groups in total. The van der Waals surface area contributed by atoms with E-state index in [9.17, 15) is 5.11 Å². The summed E-state index contributed by atoms with van der Waals surface area (Å²) in [4.78, 5) is 4.59. The van der Waals surface area contributed by atoms with Gasteiger partial charge in [0.2, 0.25) is 5.89 Å². The summed E-state index contributed by atoms with van der Waals surface area (Å²) in [6.45, 7) is 6.47. The van der Waals surface area contributed by atoms with Crippen LogP contribution in [0.2, 0.25) is 0 Å². The van der Waals surface area contributed by atoms with E-state index in [0.717, 1.165) is 17.0 Å². The first-order valence-corrected chi connectivity index (χ1v) is 8.37. The van der Waals surface area contributed by atoms with Crippen molar-refractivity contribution in [2.45, 2.75) is 58.2 Å². The Kier molecular flexibility index (Phi) is 4.78. The van der Waals surface area contributed by atoms with E-state index in [4.69, 9.17) is 4.52 Å². The van der Waals surface area contributed by atoms with Crippen LogP contribution in [0.15, 0.2) is 28.8 Å². The Morgan fingerprint density at radius 2 is 2.09 bits per heavy atom. The molecule has 124 valence electrons. The maximum Gasteiger partial charge on any atom is 0.244 e. The third-order valence-electron chi connectivity index (χ3n) is 4.40. The van der Waals surface area contributed by atoms with Gasteiger partial charge in [-0.15, -0.1) is 0 Å². The first-order valence-electron chi connectivity index (χ1n) is 8.37.